The van der Waals surface area contributed by atoms with Crippen molar-refractivity contribution in [2.75, 3.05) is 85.5 Å². The second kappa shape index (κ2) is 30.8. The molecule has 1 aliphatic heterocycles. The van der Waals surface area contributed by atoms with Crippen LogP contribution in [-0.2, 0) is 38.3 Å². The van der Waals surface area contributed by atoms with Crippen molar-refractivity contribution in [2.24, 2.45) is 20.3 Å². The number of amides is 1. The summed E-state index contributed by atoms with van der Waals surface area (Å²) >= 11 is 0. The van der Waals surface area contributed by atoms with Crippen LogP contribution in [0.5, 0.6) is 11.5 Å². The largest absolute Gasteiger partial charge is 0.497 e. The molecule has 6 rings (SSSR count). The molecule has 22 nitrogen and oxygen atoms in total. The first-order valence-corrected chi connectivity index (χ1v) is 26.8. The zero-order valence-electron chi connectivity index (χ0n) is 44.3. The predicted octanol–water partition coefficient (Wildman–Crippen LogP) is 9.92. The Balaban J connectivity index is 1.37. The lowest BCUT2D eigenvalue weighted by Gasteiger charge is -2.41. The minimum atomic E-state index is -3.72. The van der Waals surface area contributed by atoms with Gasteiger partial charge in [0.05, 0.1) is 92.2 Å². The summed E-state index contributed by atoms with van der Waals surface area (Å²) < 4.78 is 59.4. The summed E-state index contributed by atoms with van der Waals surface area (Å²) in [6.45, 7) is 10.0. The molecule has 0 aliphatic carbocycles. The predicted molar refractivity (Wildman–Crippen MR) is 288 cm³/mol. The number of hydrogen-bond acceptors (Lipinski definition) is 15. The maximum atomic E-state index is 14.0. The third kappa shape index (κ3) is 16.6. The number of nitriles is 1. The molecule has 5 aromatic rings. The number of anilines is 1. The van der Waals surface area contributed by atoms with Crippen molar-refractivity contribution >= 4 is 19.4 Å². The highest BCUT2D eigenvalue weighted by Crippen LogP contribution is 2.60. The van der Waals surface area contributed by atoms with Gasteiger partial charge in [0.1, 0.15) is 35.2 Å². The topological polar surface area (TPSA) is 260 Å². The van der Waals surface area contributed by atoms with Crippen molar-refractivity contribution in [1.82, 2.24) is 14.2 Å². The first kappa shape index (κ1) is 59.4. The van der Waals surface area contributed by atoms with Crippen LogP contribution in [0, 0.1) is 11.3 Å². The summed E-state index contributed by atoms with van der Waals surface area (Å²) in [6.07, 6.45) is -1.18. The van der Waals surface area contributed by atoms with Gasteiger partial charge in [-0.05, 0) is 97.6 Å². The fourth-order valence-electron chi connectivity index (χ4n) is 8.63. The van der Waals surface area contributed by atoms with Crippen molar-refractivity contribution in [1.29, 1.82) is 5.26 Å². The summed E-state index contributed by atoms with van der Waals surface area (Å²) in [5, 5.41) is 24.6. The molecule has 23 heteroatoms. The van der Waals surface area contributed by atoms with Gasteiger partial charge in [-0.1, -0.05) is 82.8 Å². The number of carbonyl (C=O) groups is 1. The van der Waals surface area contributed by atoms with Gasteiger partial charge in [0.25, 0.3) is 5.91 Å². The first-order chi connectivity index (χ1) is 37.5. The first-order valence-electron chi connectivity index (χ1n) is 25.3. The second-order valence-corrected chi connectivity index (χ2v) is 19.9. The minimum absolute atomic E-state index is 0.0213. The SMILES string of the molecule is COc1ccc(C(OC[C@H]2O[C@@H](n3ccc(NC(=O)c4ccccc4)nc3=O)C[C@@H]2OP(=NN=NCCOCCOCCOCCN=[N+]=[N-])(OCCC#N)N(C(C)C)C(C)C)(c2ccccc2)c2ccc(OC)cc2)cc1. The van der Waals surface area contributed by atoms with E-state index >= 15 is 0 Å². The Morgan fingerprint density at radius 1 is 0.831 bits per heavy atom. The molecule has 0 radical (unpaired) electrons. The maximum absolute atomic E-state index is 14.0. The molecule has 0 spiro atoms. The molecular weight excluding hydrogens is 1010 g/mol. The maximum Gasteiger partial charge on any atom is 0.351 e. The molecule has 0 bridgehead atoms. The van der Waals surface area contributed by atoms with E-state index in [0.29, 0.717) is 50.1 Å². The van der Waals surface area contributed by atoms with Crippen LogP contribution < -0.4 is 20.5 Å². The Bertz CT molecular complexity index is 2780. The number of azide groups is 1. The van der Waals surface area contributed by atoms with E-state index in [1.165, 1.54) is 16.8 Å². The number of benzene rings is 4. The number of hydrogen-bond donors (Lipinski definition) is 1. The zero-order chi connectivity index (χ0) is 54.9. The van der Waals surface area contributed by atoms with Crippen molar-refractivity contribution in [2.45, 2.75) is 76.7 Å². The van der Waals surface area contributed by atoms with Crippen LogP contribution in [0.3, 0.4) is 0 Å². The molecule has 1 aromatic heterocycles. The number of aromatic nitrogens is 2. The third-order valence-electron chi connectivity index (χ3n) is 12.0. The Morgan fingerprint density at radius 3 is 1.96 bits per heavy atom. The average Bonchev–Trinajstić information content (AvgIpc) is 3.92. The molecule has 1 unspecified atom stereocenters. The van der Waals surface area contributed by atoms with Gasteiger partial charge in [-0.25, -0.2) is 9.46 Å². The molecule has 77 heavy (non-hydrogen) atoms. The highest BCUT2D eigenvalue weighted by atomic mass is 31.2. The monoisotopic (exact) mass is 1080 g/mol. The van der Waals surface area contributed by atoms with E-state index < -0.39 is 43.3 Å². The van der Waals surface area contributed by atoms with Gasteiger partial charge < -0.3 is 47.5 Å². The molecule has 2 heterocycles. The second-order valence-electron chi connectivity index (χ2n) is 17.8. The van der Waals surface area contributed by atoms with Gasteiger partial charge in [-0.2, -0.15) is 15.4 Å². The average molecular weight is 1080 g/mol. The molecule has 1 aliphatic rings. The third-order valence-corrected chi connectivity index (χ3v) is 14.9. The van der Waals surface area contributed by atoms with Crippen molar-refractivity contribution in [3.63, 3.8) is 0 Å². The fourth-order valence-corrected chi connectivity index (χ4v) is 11.3. The molecule has 1 amide bonds. The number of nitrogens with zero attached hydrogens (tertiary/aromatic N) is 10. The lowest BCUT2D eigenvalue weighted by molar-refractivity contribution is -0.0929. The lowest BCUT2D eigenvalue weighted by atomic mass is 9.80. The lowest BCUT2D eigenvalue weighted by Crippen LogP contribution is -2.40. The van der Waals surface area contributed by atoms with Gasteiger partial charge >= 0.3 is 13.3 Å². The van der Waals surface area contributed by atoms with Gasteiger partial charge in [0.2, 0.25) is 0 Å². The van der Waals surface area contributed by atoms with Gasteiger partial charge in [0.15, 0.2) is 0 Å². The van der Waals surface area contributed by atoms with E-state index in [9.17, 15) is 14.9 Å². The number of nitrogens with one attached hydrogen (secondary N) is 1. The Kier molecular flexibility index (Phi) is 23.7. The molecular formula is C54H68N11O11P. The fraction of sp³-hybridized carbons (Fsp3) is 0.444. The Labute approximate surface area is 449 Å². The van der Waals surface area contributed by atoms with E-state index in [4.69, 9.17) is 52.6 Å². The van der Waals surface area contributed by atoms with E-state index in [2.05, 4.69) is 36.7 Å². The zero-order valence-corrected chi connectivity index (χ0v) is 45.2. The number of ether oxygens (including phenoxy) is 7. The summed E-state index contributed by atoms with van der Waals surface area (Å²) in [4.78, 5) is 38.9. The van der Waals surface area contributed by atoms with E-state index in [-0.39, 0.29) is 63.7 Å². The molecule has 4 aromatic carbocycles. The smallest absolute Gasteiger partial charge is 0.351 e. The number of methoxy groups -OCH3 is 2. The summed E-state index contributed by atoms with van der Waals surface area (Å²) in [7, 11) is -0.511. The van der Waals surface area contributed by atoms with E-state index in [1.54, 1.807) is 44.6 Å². The van der Waals surface area contributed by atoms with Crippen molar-refractivity contribution < 1.29 is 47.0 Å². The minimum Gasteiger partial charge on any atom is -0.497 e. The van der Waals surface area contributed by atoms with Crippen LogP contribution in [0.2, 0.25) is 0 Å². The van der Waals surface area contributed by atoms with Crippen LogP contribution in [0.1, 0.15) is 73.8 Å². The van der Waals surface area contributed by atoms with Crippen LogP contribution >= 0.6 is 7.66 Å². The highest BCUT2D eigenvalue weighted by molar-refractivity contribution is 7.54. The standard InChI is InChI=1S/C54H68N11O11P/c1-40(2)65(41(3)4)77(74-31-13-27-55,63-62-58-29-33-71-35-37-72-36-34-70-32-28-57-61-56)76-48-38-51(64-30-26-50(60-53(64)67)59-52(66)42-14-9-7-10-15-42)75-49(48)39-73-54(43-16-11-8-12-17-43,44-18-22-46(68-5)23-19-44)45-20-24-47(69-6)25-21-45/h7-12,14-26,30,40-41,48-49,51H,13,28-29,31-39H2,1-6H3,(H,59,60,66,67)/t48-,49+,51+,77?/m0/s1. The highest BCUT2D eigenvalue weighted by Gasteiger charge is 2.47. The van der Waals surface area contributed by atoms with E-state index in [0.717, 1.165) is 16.7 Å². The summed E-state index contributed by atoms with van der Waals surface area (Å²) in [5.41, 5.74) is 9.19. The summed E-state index contributed by atoms with van der Waals surface area (Å²) in [5.74, 6) is 0.936. The Morgan fingerprint density at radius 2 is 1.40 bits per heavy atom. The van der Waals surface area contributed by atoms with E-state index in [1.807, 2.05) is 111 Å². The normalized spacial score (nSPS) is 16.3. The molecule has 1 saturated heterocycles. The number of carbonyl (C=O) groups excluding carboxylic acids is 1. The molecule has 4 atom stereocenters. The Hall–Kier alpha value is -6.86. The van der Waals surface area contributed by atoms with Crippen molar-refractivity contribution in [3.05, 3.63) is 165 Å². The van der Waals surface area contributed by atoms with Gasteiger partial charge in [-0.15, -0.1) is 0 Å². The quantitative estimate of drug-likeness (QED) is 0.00799. The molecule has 1 fully saturated rings. The van der Waals surface area contributed by atoms with Gasteiger partial charge in [0, 0.05) is 41.7 Å². The summed E-state index contributed by atoms with van der Waals surface area (Å²) in [6, 6.07) is 36.9. The van der Waals surface area contributed by atoms with Crippen LogP contribution in [0.25, 0.3) is 10.4 Å². The molecule has 1 N–H and O–H groups in total. The van der Waals surface area contributed by atoms with Crippen molar-refractivity contribution in [3.8, 4) is 17.6 Å². The van der Waals surface area contributed by atoms with Gasteiger partial charge in [-0.3, -0.25) is 9.36 Å². The molecule has 0 saturated carbocycles. The van der Waals surface area contributed by atoms with Crippen LogP contribution in [-0.4, -0.2) is 125 Å². The van der Waals surface area contributed by atoms with Crippen LogP contribution in [0.4, 0.5) is 5.82 Å². The molecule has 410 valence electrons. The van der Waals surface area contributed by atoms with Crippen LogP contribution in [0.15, 0.2) is 147 Å². The number of rotatable bonds is 32.